The van der Waals surface area contributed by atoms with Gasteiger partial charge in [0.05, 0.1) is 12.3 Å². The molecule has 1 atom stereocenters. The highest BCUT2D eigenvalue weighted by molar-refractivity contribution is 5.81. The maximum absolute atomic E-state index is 12.0. The molecule has 0 unspecified atom stereocenters. The molecule has 6 nitrogen and oxygen atoms in total. The minimum atomic E-state index is -0.611. The second-order valence-electron chi connectivity index (χ2n) is 6.52. The van der Waals surface area contributed by atoms with Crippen LogP contribution in [0.15, 0.2) is 77.4 Å². The van der Waals surface area contributed by atoms with Crippen molar-refractivity contribution in [3.8, 4) is 5.75 Å². The van der Waals surface area contributed by atoms with Crippen molar-refractivity contribution in [1.82, 2.24) is 5.32 Å². The van der Waals surface area contributed by atoms with Crippen LogP contribution in [0.3, 0.4) is 0 Å². The van der Waals surface area contributed by atoms with Crippen LogP contribution >= 0.6 is 0 Å². The topological polar surface area (TPSA) is 77.8 Å². The molecular formula is C23H23NO5. The molecule has 1 aromatic heterocycles. The number of carbonyl (C=O) groups is 2. The van der Waals surface area contributed by atoms with Gasteiger partial charge in [-0.3, -0.25) is 4.79 Å². The van der Waals surface area contributed by atoms with Crippen molar-refractivity contribution < 1.29 is 23.5 Å². The van der Waals surface area contributed by atoms with Gasteiger partial charge in [-0.25, -0.2) is 4.79 Å². The minimum absolute atomic E-state index is 0.271. The summed E-state index contributed by atoms with van der Waals surface area (Å²) in [6.45, 7) is 1.14. The van der Waals surface area contributed by atoms with Crippen molar-refractivity contribution in [2.24, 2.45) is 0 Å². The maximum atomic E-state index is 12.0. The number of ether oxygens (including phenoxy) is 2. The molecule has 0 aliphatic heterocycles. The Morgan fingerprint density at radius 3 is 2.48 bits per heavy atom. The third-order valence-electron chi connectivity index (χ3n) is 4.27. The lowest BCUT2D eigenvalue weighted by molar-refractivity contribution is -0.150. The van der Waals surface area contributed by atoms with Gasteiger partial charge in [-0.1, -0.05) is 48.5 Å². The van der Waals surface area contributed by atoms with E-state index in [0.29, 0.717) is 17.9 Å². The molecule has 6 heteroatoms. The minimum Gasteiger partial charge on any atom is -0.482 e. The second kappa shape index (κ2) is 10.1. The number of carbonyl (C=O) groups excluding carboxylic acids is 2. The number of amides is 1. The molecule has 0 saturated heterocycles. The van der Waals surface area contributed by atoms with Gasteiger partial charge >= 0.3 is 5.97 Å². The lowest BCUT2D eigenvalue weighted by Gasteiger charge is -2.13. The molecule has 1 heterocycles. The molecule has 2 aromatic carbocycles. The van der Waals surface area contributed by atoms with Gasteiger partial charge < -0.3 is 19.2 Å². The molecule has 150 valence electrons. The molecule has 0 bridgehead atoms. The van der Waals surface area contributed by atoms with Gasteiger partial charge in [0.1, 0.15) is 11.5 Å². The highest BCUT2D eigenvalue weighted by Crippen LogP contribution is 2.21. The average Bonchev–Trinajstić information content (AvgIpc) is 3.27. The smallest absolute Gasteiger partial charge is 0.344 e. The number of furan rings is 1. The fourth-order valence-corrected chi connectivity index (χ4v) is 2.82. The molecule has 29 heavy (non-hydrogen) atoms. The van der Waals surface area contributed by atoms with E-state index in [1.807, 2.05) is 54.6 Å². The summed E-state index contributed by atoms with van der Waals surface area (Å²) in [5, 5.41) is 2.70. The third kappa shape index (κ3) is 6.24. The number of benzene rings is 2. The molecule has 1 amide bonds. The summed E-state index contributed by atoms with van der Waals surface area (Å²) in [6, 6.07) is 20.7. The van der Waals surface area contributed by atoms with E-state index in [0.717, 1.165) is 11.1 Å². The normalized spacial score (nSPS) is 11.5. The Labute approximate surface area is 169 Å². The molecule has 3 rings (SSSR count). The first-order chi connectivity index (χ1) is 14.1. The first-order valence-corrected chi connectivity index (χ1v) is 9.35. The molecule has 3 aromatic rings. The van der Waals surface area contributed by atoms with Crippen molar-refractivity contribution in [2.45, 2.75) is 19.4 Å². The number of nitrogens with one attached hydrogen (secondary N) is 1. The van der Waals surface area contributed by atoms with Crippen LogP contribution < -0.4 is 10.1 Å². The zero-order chi connectivity index (χ0) is 20.5. The lowest BCUT2D eigenvalue weighted by Crippen LogP contribution is -2.31. The number of esters is 1. The molecule has 0 aliphatic rings. The number of hydrogen-bond donors (Lipinski definition) is 1. The summed E-state index contributed by atoms with van der Waals surface area (Å²) in [5.74, 6) is 0.222. The molecule has 0 fully saturated rings. The summed E-state index contributed by atoms with van der Waals surface area (Å²) in [7, 11) is 0. The Kier molecular flexibility index (Phi) is 7.05. The van der Waals surface area contributed by atoms with Crippen LogP contribution in [0.1, 0.15) is 29.9 Å². The standard InChI is InChI=1S/C23H23NO5/c1-17(20-12-7-13-27-20)24-22(25)15-29-23(26)16-28-21-11-6-5-10-19(21)14-18-8-3-2-4-9-18/h2-13,17H,14-16H2,1H3,(H,24,25)/t17-/m1/s1. The SMILES string of the molecule is C[C@@H](NC(=O)COC(=O)COc1ccccc1Cc1ccccc1)c1ccco1. The molecule has 0 aliphatic carbocycles. The summed E-state index contributed by atoms with van der Waals surface area (Å²) in [4.78, 5) is 23.9. The Morgan fingerprint density at radius 1 is 0.966 bits per heavy atom. The van der Waals surface area contributed by atoms with Gasteiger partial charge in [-0.15, -0.1) is 0 Å². The zero-order valence-electron chi connectivity index (χ0n) is 16.2. The van der Waals surface area contributed by atoms with E-state index in [1.54, 1.807) is 19.1 Å². The van der Waals surface area contributed by atoms with E-state index < -0.39 is 11.9 Å². The van der Waals surface area contributed by atoms with Crippen LogP contribution in [0.2, 0.25) is 0 Å². The largest absolute Gasteiger partial charge is 0.482 e. The fourth-order valence-electron chi connectivity index (χ4n) is 2.82. The Balaban J connectivity index is 1.45. The highest BCUT2D eigenvalue weighted by atomic mass is 16.6. The average molecular weight is 393 g/mol. The summed E-state index contributed by atoms with van der Waals surface area (Å²) < 4.78 is 15.8. The van der Waals surface area contributed by atoms with Crippen molar-refractivity contribution in [3.63, 3.8) is 0 Å². The van der Waals surface area contributed by atoms with E-state index in [1.165, 1.54) is 6.26 Å². The van der Waals surface area contributed by atoms with E-state index in [-0.39, 0.29) is 19.3 Å². The molecule has 1 N–H and O–H groups in total. The molecule has 0 saturated carbocycles. The predicted molar refractivity (Wildman–Crippen MR) is 107 cm³/mol. The summed E-state index contributed by atoms with van der Waals surface area (Å²) >= 11 is 0. The maximum Gasteiger partial charge on any atom is 0.344 e. The quantitative estimate of drug-likeness (QED) is 0.561. The van der Waals surface area contributed by atoms with E-state index in [9.17, 15) is 9.59 Å². The number of rotatable bonds is 9. The van der Waals surface area contributed by atoms with Crippen LogP contribution in [0.4, 0.5) is 0 Å². The van der Waals surface area contributed by atoms with Gasteiger partial charge in [-0.05, 0) is 36.2 Å². The van der Waals surface area contributed by atoms with Crippen LogP contribution in [-0.4, -0.2) is 25.1 Å². The van der Waals surface area contributed by atoms with Crippen LogP contribution in [0.25, 0.3) is 0 Å². The molecule has 0 radical (unpaired) electrons. The van der Waals surface area contributed by atoms with Crippen LogP contribution in [0.5, 0.6) is 5.75 Å². The van der Waals surface area contributed by atoms with Crippen molar-refractivity contribution in [1.29, 1.82) is 0 Å². The Bertz CT molecular complexity index is 921. The lowest BCUT2D eigenvalue weighted by atomic mass is 10.0. The monoisotopic (exact) mass is 393 g/mol. The highest BCUT2D eigenvalue weighted by Gasteiger charge is 2.14. The zero-order valence-corrected chi connectivity index (χ0v) is 16.2. The van der Waals surface area contributed by atoms with Gasteiger partial charge in [0, 0.05) is 6.42 Å². The van der Waals surface area contributed by atoms with Gasteiger partial charge in [-0.2, -0.15) is 0 Å². The van der Waals surface area contributed by atoms with E-state index >= 15 is 0 Å². The van der Waals surface area contributed by atoms with Gasteiger partial charge in [0.2, 0.25) is 0 Å². The molecular weight excluding hydrogens is 370 g/mol. The number of para-hydroxylation sites is 1. The fraction of sp³-hybridized carbons (Fsp3) is 0.217. The first kappa shape index (κ1) is 20.2. The van der Waals surface area contributed by atoms with Crippen molar-refractivity contribution >= 4 is 11.9 Å². The van der Waals surface area contributed by atoms with Crippen LogP contribution in [0, 0.1) is 0 Å². The predicted octanol–water partition coefficient (Wildman–Crippen LogP) is 3.67. The van der Waals surface area contributed by atoms with Crippen molar-refractivity contribution in [3.05, 3.63) is 89.9 Å². The van der Waals surface area contributed by atoms with E-state index in [2.05, 4.69) is 5.32 Å². The van der Waals surface area contributed by atoms with Crippen molar-refractivity contribution in [2.75, 3.05) is 13.2 Å². The second-order valence-corrected chi connectivity index (χ2v) is 6.52. The van der Waals surface area contributed by atoms with E-state index in [4.69, 9.17) is 13.9 Å². The third-order valence-corrected chi connectivity index (χ3v) is 4.27. The number of hydrogen-bond acceptors (Lipinski definition) is 5. The summed E-state index contributed by atoms with van der Waals surface area (Å²) in [5.41, 5.74) is 2.12. The van der Waals surface area contributed by atoms with Gasteiger partial charge in [0.15, 0.2) is 13.2 Å². The first-order valence-electron chi connectivity index (χ1n) is 9.35. The summed E-state index contributed by atoms with van der Waals surface area (Å²) in [6.07, 6.45) is 2.23. The Morgan fingerprint density at radius 2 is 1.72 bits per heavy atom. The molecule has 0 spiro atoms. The van der Waals surface area contributed by atoms with Gasteiger partial charge in [0.25, 0.3) is 5.91 Å². The van der Waals surface area contributed by atoms with Crippen LogP contribution in [-0.2, 0) is 20.7 Å². The Hall–Kier alpha value is -3.54.